The smallest absolute Gasteiger partial charge is 0.243 e. The van der Waals surface area contributed by atoms with Crippen molar-refractivity contribution in [3.63, 3.8) is 0 Å². The zero-order valence-corrected chi connectivity index (χ0v) is 20.5. The molecule has 1 saturated heterocycles. The van der Waals surface area contributed by atoms with Crippen LogP contribution in [0.5, 0.6) is 0 Å². The average molecular weight is 488 g/mol. The van der Waals surface area contributed by atoms with Crippen molar-refractivity contribution in [3.8, 4) is 0 Å². The number of ether oxygens (including phenoxy) is 1. The number of nitrogens with zero attached hydrogens (tertiary/aromatic N) is 1. The quantitative estimate of drug-likeness (QED) is 0.506. The maximum atomic E-state index is 13.3. The number of nitrogens with one attached hydrogen (secondary N) is 2. The van der Waals surface area contributed by atoms with Gasteiger partial charge >= 0.3 is 0 Å². The summed E-state index contributed by atoms with van der Waals surface area (Å²) in [5.74, 6) is -0.946. The van der Waals surface area contributed by atoms with Crippen LogP contribution >= 0.6 is 0 Å². The minimum absolute atomic E-state index is 0.0206. The number of carbonyl (C=O) groups is 2. The lowest BCUT2D eigenvalue weighted by atomic mass is 10.00. The molecule has 8 nitrogen and oxygen atoms in total. The fraction of sp³-hybridized carbons (Fsp3) is 0.440. The zero-order chi connectivity index (χ0) is 24.6. The van der Waals surface area contributed by atoms with Crippen molar-refractivity contribution in [2.45, 2.75) is 50.3 Å². The maximum Gasteiger partial charge on any atom is 0.243 e. The summed E-state index contributed by atoms with van der Waals surface area (Å²) in [4.78, 5) is 28.1. The van der Waals surface area contributed by atoms with Gasteiger partial charge in [0.25, 0.3) is 0 Å². The van der Waals surface area contributed by atoms with Gasteiger partial charge in [0.1, 0.15) is 6.04 Å². The summed E-state index contributed by atoms with van der Waals surface area (Å²) in [5, 5.41) is 2.93. The predicted molar refractivity (Wildman–Crippen MR) is 129 cm³/mol. The summed E-state index contributed by atoms with van der Waals surface area (Å²) in [5.41, 5.74) is 0.847. The Morgan fingerprint density at radius 2 is 1.71 bits per heavy atom. The monoisotopic (exact) mass is 487 g/mol. The summed E-state index contributed by atoms with van der Waals surface area (Å²) < 4.78 is 33.2. The molecule has 0 bridgehead atoms. The SMILES string of the molecule is CC(C)[C@H](C(=O)NC[C@H]1CCCO1)N(Cc1ccccc1)C(=O)CNS(=O)(=O)c1ccccc1. The molecular formula is C25H33N3O5S. The van der Waals surface area contributed by atoms with E-state index in [2.05, 4.69) is 10.0 Å². The summed E-state index contributed by atoms with van der Waals surface area (Å²) in [6.45, 7) is 4.55. The van der Waals surface area contributed by atoms with Crippen LogP contribution in [-0.2, 0) is 30.9 Å². The molecule has 2 atom stereocenters. The number of amides is 2. The van der Waals surface area contributed by atoms with E-state index >= 15 is 0 Å². The van der Waals surface area contributed by atoms with Gasteiger partial charge in [0.2, 0.25) is 21.8 Å². The average Bonchev–Trinajstić information content (AvgIpc) is 3.36. The second-order valence-corrected chi connectivity index (χ2v) is 10.5. The Morgan fingerprint density at radius 1 is 1.06 bits per heavy atom. The fourth-order valence-electron chi connectivity index (χ4n) is 3.99. The van der Waals surface area contributed by atoms with Gasteiger partial charge in [0.05, 0.1) is 17.5 Å². The summed E-state index contributed by atoms with van der Waals surface area (Å²) in [6, 6.07) is 16.4. The van der Waals surface area contributed by atoms with Crippen molar-refractivity contribution in [3.05, 3.63) is 66.2 Å². The van der Waals surface area contributed by atoms with Crippen molar-refractivity contribution in [2.24, 2.45) is 5.92 Å². The van der Waals surface area contributed by atoms with Gasteiger partial charge in [-0.2, -0.15) is 0 Å². The highest BCUT2D eigenvalue weighted by Crippen LogP contribution is 2.17. The van der Waals surface area contributed by atoms with E-state index in [1.807, 2.05) is 44.2 Å². The molecule has 2 N–H and O–H groups in total. The number of rotatable bonds is 11. The van der Waals surface area contributed by atoms with E-state index in [9.17, 15) is 18.0 Å². The Labute approximate surface area is 201 Å². The molecule has 0 spiro atoms. The molecule has 1 fully saturated rings. The molecule has 2 aromatic rings. The van der Waals surface area contributed by atoms with Gasteiger partial charge < -0.3 is 15.0 Å². The van der Waals surface area contributed by atoms with E-state index < -0.39 is 28.5 Å². The first-order valence-electron chi connectivity index (χ1n) is 11.6. The first-order chi connectivity index (χ1) is 16.3. The first-order valence-corrected chi connectivity index (χ1v) is 13.0. The number of sulfonamides is 1. The molecule has 0 aromatic heterocycles. The van der Waals surface area contributed by atoms with Crippen LogP contribution < -0.4 is 10.0 Å². The van der Waals surface area contributed by atoms with Gasteiger partial charge in [0.15, 0.2) is 0 Å². The Kier molecular flexibility index (Phi) is 9.20. The van der Waals surface area contributed by atoms with Crippen LogP contribution in [0.25, 0.3) is 0 Å². The molecular weight excluding hydrogens is 454 g/mol. The van der Waals surface area contributed by atoms with Crippen LogP contribution in [0.4, 0.5) is 0 Å². The molecule has 34 heavy (non-hydrogen) atoms. The van der Waals surface area contributed by atoms with E-state index in [4.69, 9.17) is 4.74 Å². The van der Waals surface area contributed by atoms with Gasteiger partial charge in [-0.1, -0.05) is 62.4 Å². The highest BCUT2D eigenvalue weighted by Gasteiger charge is 2.33. The van der Waals surface area contributed by atoms with Gasteiger partial charge in [-0.15, -0.1) is 0 Å². The first kappa shape index (κ1) is 25.9. The predicted octanol–water partition coefficient (Wildman–Crippen LogP) is 2.31. The summed E-state index contributed by atoms with van der Waals surface area (Å²) in [7, 11) is -3.86. The van der Waals surface area contributed by atoms with Gasteiger partial charge in [0, 0.05) is 19.7 Å². The minimum atomic E-state index is -3.86. The third-order valence-corrected chi connectivity index (χ3v) is 7.16. The lowest BCUT2D eigenvalue weighted by Crippen LogP contribution is -2.54. The fourth-order valence-corrected chi connectivity index (χ4v) is 4.99. The Hall–Kier alpha value is -2.75. The topological polar surface area (TPSA) is 105 Å². The molecule has 0 unspecified atom stereocenters. The number of hydrogen-bond acceptors (Lipinski definition) is 5. The van der Waals surface area contributed by atoms with Crippen molar-refractivity contribution < 1.29 is 22.7 Å². The standard InChI is InChI=1S/C25H33N3O5S/c1-19(2)24(25(30)26-16-21-12-9-15-33-21)28(18-20-10-5-3-6-11-20)23(29)17-27-34(31,32)22-13-7-4-8-14-22/h3-8,10-11,13-14,19,21,24,27H,9,12,15-18H2,1-2H3,(H,26,30)/t21-,24-/m1/s1. The molecule has 2 aromatic carbocycles. The lowest BCUT2D eigenvalue weighted by Gasteiger charge is -2.34. The highest BCUT2D eigenvalue weighted by atomic mass is 32.2. The normalized spacial score (nSPS) is 16.9. The van der Waals surface area contributed by atoms with Gasteiger partial charge in [-0.25, -0.2) is 13.1 Å². The van der Waals surface area contributed by atoms with Crippen LogP contribution in [0.15, 0.2) is 65.6 Å². The minimum Gasteiger partial charge on any atom is -0.376 e. The molecule has 0 aliphatic carbocycles. The molecule has 0 radical (unpaired) electrons. The maximum absolute atomic E-state index is 13.3. The number of benzene rings is 2. The van der Waals surface area contributed by atoms with E-state index in [0.717, 1.165) is 18.4 Å². The van der Waals surface area contributed by atoms with Gasteiger partial charge in [-0.3, -0.25) is 9.59 Å². The molecule has 0 saturated carbocycles. The third-order valence-electron chi connectivity index (χ3n) is 5.75. The Morgan fingerprint density at radius 3 is 2.29 bits per heavy atom. The second-order valence-electron chi connectivity index (χ2n) is 8.71. The van der Waals surface area contributed by atoms with Crippen molar-refractivity contribution in [2.75, 3.05) is 19.7 Å². The summed E-state index contributed by atoms with van der Waals surface area (Å²) >= 11 is 0. The molecule has 184 valence electrons. The van der Waals surface area contributed by atoms with Crippen molar-refractivity contribution in [1.29, 1.82) is 0 Å². The van der Waals surface area contributed by atoms with Crippen LogP contribution in [-0.4, -0.2) is 57.0 Å². The molecule has 1 aliphatic heterocycles. The van der Waals surface area contributed by atoms with Crippen molar-refractivity contribution >= 4 is 21.8 Å². The van der Waals surface area contributed by atoms with Crippen LogP contribution in [0.3, 0.4) is 0 Å². The van der Waals surface area contributed by atoms with Crippen LogP contribution in [0.2, 0.25) is 0 Å². The van der Waals surface area contributed by atoms with E-state index in [-0.39, 0.29) is 29.4 Å². The second kappa shape index (κ2) is 12.1. The van der Waals surface area contributed by atoms with Crippen LogP contribution in [0.1, 0.15) is 32.3 Å². The zero-order valence-electron chi connectivity index (χ0n) is 19.6. The molecule has 3 rings (SSSR count). The largest absolute Gasteiger partial charge is 0.376 e. The van der Waals surface area contributed by atoms with Crippen LogP contribution in [0, 0.1) is 5.92 Å². The van der Waals surface area contributed by atoms with E-state index in [1.165, 1.54) is 17.0 Å². The Bertz CT molecular complexity index is 1040. The molecule has 9 heteroatoms. The van der Waals surface area contributed by atoms with E-state index in [0.29, 0.717) is 13.2 Å². The molecule has 2 amide bonds. The van der Waals surface area contributed by atoms with E-state index in [1.54, 1.807) is 18.2 Å². The Balaban J connectivity index is 1.77. The molecule has 1 aliphatic rings. The van der Waals surface area contributed by atoms with Crippen molar-refractivity contribution in [1.82, 2.24) is 14.9 Å². The highest BCUT2D eigenvalue weighted by molar-refractivity contribution is 7.89. The number of hydrogen-bond donors (Lipinski definition) is 2. The number of carbonyl (C=O) groups excluding carboxylic acids is 2. The third kappa shape index (κ3) is 7.12. The lowest BCUT2D eigenvalue weighted by molar-refractivity contribution is -0.142. The molecule has 1 heterocycles. The summed E-state index contributed by atoms with van der Waals surface area (Å²) in [6.07, 6.45) is 1.84. The van der Waals surface area contributed by atoms with Gasteiger partial charge in [-0.05, 0) is 36.5 Å².